The summed E-state index contributed by atoms with van der Waals surface area (Å²) < 4.78 is 4.36. The van der Waals surface area contributed by atoms with Gasteiger partial charge in [0.05, 0.1) is 6.10 Å². The molecule has 6 heteroatoms. The third-order valence-electron chi connectivity index (χ3n) is 2.18. The first-order chi connectivity index (χ1) is 7.61. The minimum absolute atomic E-state index is 0.0264. The monoisotopic (exact) mass is 231 g/mol. The molecule has 0 saturated carbocycles. The molecule has 0 atom stereocenters. The molecule has 0 spiro atoms. The Kier molecular flexibility index (Phi) is 8.46. The lowest BCUT2D eigenvalue weighted by Gasteiger charge is -2.20. The molecule has 1 amide bonds. The molecule has 16 heavy (non-hydrogen) atoms. The van der Waals surface area contributed by atoms with E-state index in [1.165, 1.54) is 0 Å². The molecule has 0 bridgehead atoms. The van der Waals surface area contributed by atoms with Crippen LogP contribution in [-0.4, -0.2) is 31.6 Å². The lowest BCUT2D eigenvalue weighted by molar-refractivity contribution is -0.132. The summed E-state index contributed by atoms with van der Waals surface area (Å²) in [5.74, 6) is 5.09. The zero-order chi connectivity index (χ0) is 12.4. The van der Waals surface area contributed by atoms with Crippen LogP contribution in [0.25, 0.3) is 0 Å². The molecule has 4 N–H and O–H groups in total. The number of piperidine rings is 1. The van der Waals surface area contributed by atoms with E-state index in [2.05, 4.69) is 15.5 Å². The van der Waals surface area contributed by atoms with Crippen molar-refractivity contribution in [3.63, 3.8) is 0 Å². The summed E-state index contributed by atoms with van der Waals surface area (Å²) in [4.78, 5) is 20.3. The minimum Gasteiger partial charge on any atom is -0.465 e. The summed E-state index contributed by atoms with van der Waals surface area (Å²) in [6, 6.07) is 0. The van der Waals surface area contributed by atoms with Gasteiger partial charge in [-0.05, 0) is 39.8 Å². The van der Waals surface area contributed by atoms with Gasteiger partial charge >= 0.3 is 0 Å². The Morgan fingerprint density at radius 3 is 2.38 bits per heavy atom. The molecular formula is C10H21N3O3. The van der Waals surface area contributed by atoms with Gasteiger partial charge in [-0.2, -0.15) is 0 Å². The van der Waals surface area contributed by atoms with E-state index >= 15 is 0 Å². The van der Waals surface area contributed by atoms with E-state index in [0.717, 1.165) is 25.9 Å². The first-order valence-corrected chi connectivity index (χ1v) is 5.42. The topological polar surface area (TPSA) is 93.4 Å². The highest BCUT2D eigenvalue weighted by Gasteiger charge is 2.19. The summed E-state index contributed by atoms with van der Waals surface area (Å²) in [6.07, 6.45) is 1.84. The Morgan fingerprint density at radius 2 is 2.06 bits per heavy atom. The van der Waals surface area contributed by atoms with Gasteiger partial charge in [0, 0.05) is 5.92 Å². The number of nitrogens with one attached hydrogen (secondary N) is 2. The van der Waals surface area contributed by atoms with Crippen molar-refractivity contribution in [1.29, 1.82) is 0 Å². The van der Waals surface area contributed by atoms with Crippen LogP contribution in [0.15, 0.2) is 0 Å². The molecular weight excluding hydrogens is 210 g/mol. The van der Waals surface area contributed by atoms with E-state index in [-0.39, 0.29) is 17.9 Å². The van der Waals surface area contributed by atoms with Gasteiger partial charge in [-0.3, -0.25) is 15.0 Å². The zero-order valence-electron chi connectivity index (χ0n) is 9.86. The second-order valence-electron chi connectivity index (χ2n) is 3.81. The predicted octanol–water partition coefficient (Wildman–Crippen LogP) is -0.456. The molecule has 0 aromatic rings. The van der Waals surface area contributed by atoms with Crippen molar-refractivity contribution >= 4 is 12.4 Å². The van der Waals surface area contributed by atoms with Crippen LogP contribution in [0.4, 0.5) is 0 Å². The Bertz CT molecular complexity index is 203. The molecule has 0 aromatic carbocycles. The van der Waals surface area contributed by atoms with Crippen LogP contribution in [0.2, 0.25) is 0 Å². The molecule has 1 aliphatic rings. The molecule has 6 nitrogen and oxygen atoms in total. The normalized spacial score (nSPS) is 16.0. The van der Waals surface area contributed by atoms with E-state index in [9.17, 15) is 9.59 Å². The quantitative estimate of drug-likeness (QED) is 0.264. The van der Waals surface area contributed by atoms with Gasteiger partial charge in [-0.25, -0.2) is 5.84 Å². The molecule has 1 rings (SSSR count). The zero-order valence-corrected chi connectivity index (χ0v) is 9.86. The number of hydrogen-bond donors (Lipinski definition) is 3. The van der Waals surface area contributed by atoms with Gasteiger partial charge in [0.1, 0.15) is 0 Å². The number of carbonyl (C=O) groups is 2. The lowest BCUT2D eigenvalue weighted by Crippen LogP contribution is -2.41. The van der Waals surface area contributed by atoms with E-state index in [1.807, 2.05) is 0 Å². The summed E-state index contributed by atoms with van der Waals surface area (Å²) >= 11 is 0. The molecule has 0 radical (unpaired) electrons. The number of ether oxygens (including phenoxy) is 1. The molecule has 1 fully saturated rings. The van der Waals surface area contributed by atoms with Crippen LogP contribution in [0.1, 0.15) is 26.7 Å². The Morgan fingerprint density at radius 1 is 1.50 bits per heavy atom. The van der Waals surface area contributed by atoms with Gasteiger partial charge in [0.2, 0.25) is 5.91 Å². The van der Waals surface area contributed by atoms with Gasteiger partial charge < -0.3 is 10.1 Å². The molecule has 0 aliphatic carbocycles. The highest BCUT2D eigenvalue weighted by Crippen LogP contribution is 2.10. The van der Waals surface area contributed by atoms with Crippen LogP contribution in [-0.2, 0) is 14.3 Å². The van der Waals surface area contributed by atoms with Crippen molar-refractivity contribution in [1.82, 2.24) is 10.7 Å². The van der Waals surface area contributed by atoms with Crippen molar-refractivity contribution in [2.75, 3.05) is 13.1 Å². The van der Waals surface area contributed by atoms with Gasteiger partial charge in [-0.15, -0.1) is 0 Å². The number of hydrogen-bond acceptors (Lipinski definition) is 5. The summed E-state index contributed by atoms with van der Waals surface area (Å²) in [5.41, 5.74) is 2.17. The molecule has 94 valence electrons. The summed E-state index contributed by atoms with van der Waals surface area (Å²) in [7, 11) is 0. The second kappa shape index (κ2) is 9.11. The average molecular weight is 231 g/mol. The number of amides is 1. The van der Waals surface area contributed by atoms with Gasteiger partial charge in [-0.1, -0.05) is 0 Å². The molecule has 1 heterocycles. The third kappa shape index (κ3) is 7.19. The highest BCUT2D eigenvalue weighted by atomic mass is 16.5. The van der Waals surface area contributed by atoms with E-state index in [4.69, 9.17) is 5.84 Å². The van der Waals surface area contributed by atoms with Crippen LogP contribution < -0.4 is 16.6 Å². The third-order valence-corrected chi connectivity index (χ3v) is 2.18. The van der Waals surface area contributed by atoms with E-state index in [0.29, 0.717) is 6.47 Å². The Balaban J connectivity index is 0.000000325. The maximum atomic E-state index is 10.9. The fraction of sp³-hybridized carbons (Fsp3) is 0.800. The van der Waals surface area contributed by atoms with Crippen molar-refractivity contribution < 1.29 is 14.3 Å². The van der Waals surface area contributed by atoms with Crippen molar-refractivity contribution in [3.8, 4) is 0 Å². The maximum absolute atomic E-state index is 10.9. The number of rotatable bonds is 3. The van der Waals surface area contributed by atoms with Crippen LogP contribution >= 0.6 is 0 Å². The molecule has 0 unspecified atom stereocenters. The Labute approximate surface area is 95.9 Å². The maximum Gasteiger partial charge on any atom is 0.293 e. The minimum atomic E-state index is -0.0264. The SMILES string of the molecule is CC(C)OC=O.NNC(=O)C1CCNCC1. The number of hydrazine groups is 1. The van der Waals surface area contributed by atoms with E-state index in [1.54, 1.807) is 13.8 Å². The fourth-order valence-electron chi connectivity index (χ4n) is 1.31. The largest absolute Gasteiger partial charge is 0.465 e. The van der Waals surface area contributed by atoms with Crippen molar-refractivity contribution in [3.05, 3.63) is 0 Å². The average Bonchev–Trinajstić information content (AvgIpc) is 2.30. The van der Waals surface area contributed by atoms with Crippen molar-refractivity contribution in [2.24, 2.45) is 11.8 Å². The molecule has 1 aliphatic heterocycles. The predicted molar refractivity (Wildman–Crippen MR) is 60.2 cm³/mol. The standard InChI is InChI=1S/C6H13N3O.C4H8O2/c7-9-6(10)5-1-3-8-4-2-5;1-4(2)6-3-5/h5,8H,1-4,7H2,(H,9,10);3-4H,1-2H3. The Hall–Kier alpha value is -1.14. The number of nitrogens with two attached hydrogens (primary N) is 1. The van der Waals surface area contributed by atoms with E-state index < -0.39 is 0 Å². The van der Waals surface area contributed by atoms with Crippen LogP contribution in [0.5, 0.6) is 0 Å². The van der Waals surface area contributed by atoms with Crippen LogP contribution in [0.3, 0.4) is 0 Å². The lowest BCUT2D eigenvalue weighted by atomic mass is 9.98. The van der Waals surface area contributed by atoms with Crippen LogP contribution in [0, 0.1) is 5.92 Å². The summed E-state index contributed by atoms with van der Waals surface area (Å²) in [6.45, 7) is 5.91. The fourth-order valence-corrected chi connectivity index (χ4v) is 1.31. The molecule has 1 saturated heterocycles. The van der Waals surface area contributed by atoms with Crippen molar-refractivity contribution in [2.45, 2.75) is 32.8 Å². The van der Waals surface area contributed by atoms with Gasteiger partial charge in [0.25, 0.3) is 6.47 Å². The smallest absolute Gasteiger partial charge is 0.293 e. The second-order valence-corrected chi connectivity index (χ2v) is 3.81. The highest BCUT2D eigenvalue weighted by molar-refractivity contribution is 5.78. The van der Waals surface area contributed by atoms with Gasteiger partial charge in [0.15, 0.2) is 0 Å². The first kappa shape index (κ1) is 14.9. The summed E-state index contributed by atoms with van der Waals surface area (Å²) in [5, 5.41) is 3.17. The molecule has 0 aromatic heterocycles. The first-order valence-electron chi connectivity index (χ1n) is 5.42. The number of carbonyl (C=O) groups excluding carboxylic acids is 2.